The van der Waals surface area contributed by atoms with Gasteiger partial charge in [0.15, 0.2) is 0 Å². The zero-order valence-corrected chi connectivity index (χ0v) is 17.0. The Balaban J connectivity index is 1.51. The van der Waals surface area contributed by atoms with Crippen LogP contribution in [0.5, 0.6) is 0 Å². The standard InChI is InChI=1S/C17H24N4O4S2/c1-14(22)19-8-10-20(11-9-19)17(23)13-26-16-5-4-15(12-18-16)27(24,25)21-6-2-3-7-21/h4-5,12H,2-3,6-11,13H2,1H3. The van der Waals surface area contributed by atoms with Crippen molar-refractivity contribution in [3.63, 3.8) is 0 Å². The Labute approximate surface area is 164 Å². The summed E-state index contributed by atoms with van der Waals surface area (Å²) in [6.45, 7) is 4.86. The number of nitrogens with zero attached hydrogens (tertiary/aromatic N) is 4. The van der Waals surface area contributed by atoms with Gasteiger partial charge in [0.05, 0.1) is 10.8 Å². The number of aromatic nitrogens is 1. The number of piperazine rings is 1. The molecule has 2 fully saturated rings. The Morgan fingerprint density at radius 3 is 2.22 bits per heavy atom. The molecule has 2 saturated heterocycles. The van der Waals surface area contributed by atoms with Gasteiger partial charge in [-0.2, -0.15) is 4.31 Å². The van der Waals surface area contributed by atoms with E-state index in [0.717, 1.165) is 12.8 Å². The van der Waals surface area contributed by atoms with Crippen molar-refractivity contribution in [1.29, 1.82) is 0 Å². The van der Waals surface area contributed by atoms with Crippen molar-refractivity contribution >= 4 is 33.6 Å². The maximum Gasteiger partial charge on any atom is 0.244 e. The Morgan fingerprint density at radius 1 is 1.04 bits per heavy atom. The fourth-order valence-electron chi connectivity index (χ4n) is 3.18. The molecule has 3 heterocycles. The summed E-state index contributed by atoms with van der Waals surface area (Å²) in [5.41, 5.74) is 0. The summed E-state index contributed by atoms with van der Waals surface area (Å²) in [7, 11) is -3.46. The second kappa shape index (κ2) is 8.57. The van der Waals surface area contributed by atoms with Crippen molar-refractivity contribution in [2.75, 3.05) is 45.0 Å². The van der Waals surface area contributed by atoms with Crippen LogP contribution in [0.1, 0.15) is 19.8 Å². The first-order valence-corrected chi connectivity index (χ1v) is 11.4. The molecule has 2 aliphatic heterocycles. The van der Waals surface area contributed by atoms with E-state index in [-0.39, 0.29) is 22.5 Å². The summed E-state index contributed by atoms with van der Waals surface area (Å²) in [5, 5.41) is 0.617. The molecule has 2 aliphatic rings. The van der Waals surface area contributed by atoms with Crippen LogP contribution in [0.4, 0.5) is 0 Å². The number of carbonyl (C=O) groups excluding carboxylic acids is 2. The molecule has 0 N–H and O–H groups in total. The average molecular weight is 413 g/mol. The molecule has 2 amide bonds. The molecule has 0 aliphatic carbocycles. The number of hydrogen-bond acceptors (Lipinski definition) is 6. The molecule has 0 radical (unpaired) electrons. The first kappa shape index (κ1) is 20.1. The van der Waals surface area contributed by atoms with E-state index in [1.165, 1.54) is 29.2 Å². The molecule has 0 spiro atoms. The van der Waals surface area contributed by atoms with Crippen molar-refractivity contribution < 1.29 is 18.0 Å². The molecule has 0 unspecified atom stereocenters. The molecule has 3 rings (SSSR count). The predicted molar refractivity (Wildman–Crippen MR) is 102 cm³/mol. The van der Waals surface area contributed by atoms with E-state index in [2.05, 4.69) is 4.98 Å². The third kappa shape index (κ3) is 4.80. The highest BCUT2D eigenvalue weighted by Crippen LogP contribution is 2.23. The number of thioether (sulfide) groups is 1. The molecular formula is C17H24N4O4S2. The molecule has 0 aromatic carbocycles. The van der Waals surface area contributed by atoms with E-state index >= 15 is 0 Å². The van der Waals surface area contributed by atoms with Crippen LogP contribution in [0, 0.1) is 0 Å². The maximum absolute atomic E-state index is 12.5. The summed E-state index contributed by atoms with van der Waals surface area (Å²) >= 11 is 1.29. The fraction of sp³-hybridized carbons (Fsp3) is 0.588. The Bertz CT molecular complexity index is 784. The number of hydrogen-bond donors (Lipinski definition) is 0. The van der Waals surface area contributed by atoms with Gasteiger partial charge in [-0.15, -0.1) is 0 Å². The minimum absolute atomic E-state index is 0.00114. The minimum Gasteiger partial charge on any atom is -0.339 e. The molecule has 0 saturated carbocycles. The quantitative estimate of drug-likeness (QED) is 0.660. The van der Waals surface area contributed by atoms with Crippen LogP contribution in [-0.4, -0.2) is 84.3 Å². The second-order valence-electron chi connectivity index (χ2n) is 6.62. The van der Waals surface area contributed by atoms with E-state index in [4.69, 9.17) is 0 Å². The molecule has 1 aromatic rings. The zero-order chi connectivity index (χ0) is 19.4. The highest BCUT2D eigenvalue weighted by molar-refractivity contribution is 7.99. The lowest BCUT2D eigenvalue weighted by Crippen LogP contribution is -2.50. The SMILES string of the molecule is CC(=O)N1CCN(C(=O)CSc2ccc(S(=O)(=O)N3CCCC3)cn2)CC1. The third-order valence-electron chi connectivity index (χ3n) is 4.83. The highest BCUT2D eigenvalue weighted by Gasteiger charge is 2.27. The molecule has 0 atom stereocenters. The lowest BCUT2D eigenvalue weighted by Gasteiger charge is -2.34. The summed E-state index contributed by atoms with van der Waals surface area (Å²) in [4.78, 5) is 31.5. The van der Waals surface area contributed by atoms with Crippen LogP contribution in [0.25, 0.3) is 0 Å². The van der Waals surface area contributed by atoms with Gasteiger partial charge in [-0.1, -0.05) is 11.8 Å². The summed E-state index contributed by atoms with van der Waals surface area (Å²) < 4.78 is 26.5. The molecule has 0 bridgehead atoms. The molecule has 8 nitrogen and oxygen atoms in total. The Hall–Kier alpha value is -1.65. The fourth-order valence-corrected chi connectivity index (χ4v) is 5.39. The van der Waals surface area contributed by atoms with Crippen LogP contribution in [0.3, 0.4) is 0 Å². The number of amides is 2. The van der Waals surface area contributed by atoms with E-state index in [9.17, 15) is 18.0 Å². The maximum atomic E-state index is 12.5. The van der Waals surface area contributed by atoms with Crippen molar-refractivity contribution in [3.05, 3.63) is 18.3 Å². The van der Waals surface area contributed by atoms with E-state index in [0.29, 0.717) is 44.3 Å². The van der Waals surface area contributed by atoms with E-state index < -0.39 is 10.0 Å². The van der Waals surface area contributed by atoms with Crippen LogP contribution < -0.4 is 0 Å². The summed E-state index contributed by atoms with van der Waals surface area (Å²) in [6, 6.07) is 3.20. The van der Waals surface area contributed by atoms with Gasteiger partial charge in [0.2, 0.25) is 21.8 Å². The van der Waals surface area contributed by atoms with Crippen LogP contribution in [0.2, 0.25) is 0 Å². The van der Waals surface area contributed by atoms with Gasteiger partial charge in [0, 0.05) is 52.4 Å². The molecule has 10 heteroatoms. The molecule has 27 heavy (non-hydrogen) atoms. The second-order valence-corrected chi connectivity index (χ2v) is 9.55. The Morgan fingerprint density at radius 2 is 1.67 bits per heavy atom. The van der Waals surface area contributed by atoms with Gasteiger partial charge in [0.1, 0.15) is 4.90 Å². The van der Waals surface area contributed by atoms with Crippen molar-refractivity contribution in [2.24, 2.45) is 0 Å². The Kier molecular flexibility index (Phi) is 6.38. The number of sulfonamides is 1. The first-order valence-electron chi connectivity index (χ1n) is 9.00. The number of carbonyl (C=O) groups is 2. The van der Waals surface area contributed by atoms with Gasteiger partial charge in [-0.25, -0.2) is 13.4 Å². The zero-order valence-electron chi connectivity index (χ0n) is 15.3. The smallest absolute Gasteiger partial charge is 0.244 e. The number of pyridine rings is 1. The van der Waals surface area contributed by atoms with Gasteiger partial charge in [-0.05, 0) is 25.0 Å². The van der Waals surface area contributed by atoms with E-state index in [1.807, 2.05) is 0 Å². The van der Waals surface area contributed by atoms with Crippen molar-refractivity contribution in [1.82, 2.24) is 19.1 Å². The summed E-state index contributed by atoms with van der Waals surface area (Å²) in [5.74, 6) is 0.272. The van der Waals surface area contributed by atoms with Gasteiger partial charge in [-0.3, -0.25) is 9.59 Å². The highest BCUT2D eigenvalue weighted by atomic mass is 32.2. The van der Waals surface area contributed by atoms with Gasteiger partial charge >= 0.3 is 0 Å². The third-order valence-corrected chi connectivity index (χ3v) is 7.64. The molecular weight excluding hydrogens is 388 g/mol. The molecule has 148 valence electrons. The average Bonchev–Trinajstić information content (AvgIpc) is 3.22. The van der Waals surface area contributed by atoms with Crippen molar-refractivity contribution in [2.45, 2.75) is 29.7 Å². The van der Waals surface area contributed by atoms with Gasteiger partial charge in [0.25, 0.3) is 0 Å². The van der Waals surface area contributed by atoms with Crippen LogP contribution in [0.15, 0.2) is 28.3 Å². The monoisotopic (exact) mass is 412 g/mol. The minimum atomic E-state index is -3.46. The number of rotatable bonds is 5. The molecule has 1 aromatic heterocycles. The topological polar surface area (TPSA) is 90.9 Å². The lowest BCUT2D eigenvalue weighted by molar-refractivity contribution is -0.136. The summed E-state index contributed by atoms with van der Waals surface area (Å²) in [6.07, 6.45) is 3.15. The van der Waals surface area contributed by atoms with Crippen LogP contribution in [-0.2, 0) is 19.6 Å². The van der Waals surface area contributed by atoms with Crippen LogP contribution >= 0.6 is 11.8 Å². The predicted octanol–water partition coefficient (Wildman–Crippen LogP) is 0.649. The lowest BCUT2D eigenvalue weighted by atomic mass is 10.3. The largest absolute Gasteiger partial charge is 0.339 e. The van der Waals surface area contributed by atoms with Crippen molar-refractivity contribution in [3.8, 4) is 0 Å². The van der Waals surface area contributed by atoms with E-state index in [1.54, 1.807) is 21.9 Å². The normalized spacial score (nSPS) is 18.7. The first-order chi connectivity index (χ1) is 12.9. The van der Waals surface area contributed by atoms with Gasteiger partial charge < -0.3 is 9.80 Å².